The van der Waals surface area contributed by atoms with E-state index in [1.165, 1.54) is 0 Å². The van der Waals surface area contributed by atoms with E-state index in [9.17, 15) is 14.7 Å². The number of aliphatic carboxylic acids is 1. The summed E-state index contributed by atoms with van der Waals surface area (Å²) in [4.78, 5) is 27.6. The molecule has 8 nitrogen and oxygen atoms in total. The van der Waals surface area contributed by atoms with Crippen LogP contribution in [-0.2, 0) is 22.6 Å². The Bertz CT molecular complexity index is 1420. The van der Waals surface area contributed by atoms with Gasteiger partial charge in [0, 0.05) is 35.8 Å². The number of rotatable bonds is 12. The van der Waals surface area contributed by atoms with Crippen LogP contribution in [0.15, 0.2) is 66.9 Å². The zero-order valence-electron chi connectivity index (χ0n) is 21.2. The molecule has 3 aromatic carbocycles. The number of carboxylic acids is 1. The van der Waals surface area contributed by atoms with Crippen molar-refractivity contribution in [2.45, 2.75) is 32.9 Å². The Morgan fingerprint density at radius 2 is 1.84 bits per heavy atom. The number of hydrogen-bond acceptors (Lipinski definition) is 5. The molecule has 0 saturated heterocycles. The maximum Gasteiger partial charge on any atom is 0.321 e. The van der Waals surface area contributed by atoms with Crippen LogP contribution in [0.1, 0.15) is 23.6 Å². The second kappa shape index (κ2) is 12.5. The summed E-state index contributed by atoms with van der Waals surface area (Å²) >= 11 is 6.50. The normalized spacial score (nSPS) is 11.8. The number of aromatic nitrogens is 1. The number of H-pyrrole nitrogens is 1. The van der Waals surface area contributed by atoms with E-state index in [0.717, 1.165) is 27.6 Å². The maximum atomic E-state index is 12.4. The average molecular weight is 536 g/mol. The summed E-state index contributed by atoms with van der Waals surface area (Å²) in [6.45, 7) is 4.15. The number of aromatic amines is 1. The summed E-state index contributed by atoms with van der Waals surface area (Å²) in [5.41, 5.74) is 4.36. The Morgan fingerprint density at radius 3 is 2.58 bits per heavy atom. The van der Waals surface area contributed by atoms with Gasteiger partial charge in [-0.2, -0.15) is 0 Å². The lowest BCUT2D eigenvalue weighted by Gasteiger charge is -2.17. The molecule has 0 aliphatic carbocycles. The van der Waals surface area contributed by atoms with Crippen LogP contribution in [0.25, 0.3) is 10.9 Å². The number of para-hydroxylation sites is 1. The van der Waals surface area contributed by atoms with Gasteiger partial charge in [0.25, 0.3) is 5.91 Å². The third kappa shape index (κ3) is 6.85. The van der Waals surface area contributed by atoms with Crippen LogP contribution in [0.3, 0.4) is 0 Å². The topological polar surface area (TPSA) is 113 Å². The minimum atomic E-state index is -0.953. The number of benzene rings is 3. The maximum absolute atomic E-state index is 12.4. The van der Waals surface area contributed by atoms with Crippen LogP contribution in [0.2, 0.25) is 5.02 Å². The third-order valence-corrected chi connectivity index (χ3v) is 6.28. The fraction of sp³-hybridized carbons (Fsp3) is 0.241. The molecule has 4 N–H and O–H groups in total. The standard InChI is InChI=1S/C29H30ClN3O5/c1-3-37-26-13-19(12-23(30)28(26)38-17-27(34)33-21-10-8-18(2)9-11-21)15-31-25(29(35)36)14-20-16-32-24-7-5-4-6-22(20)24/h4-13,16,25,31-32H,3,14-15,17H2,1-2H3,(H,33,34)(H,35,36)/t25-/m1/s1. The highest BCUT2D eigenvalue weighted by Gasteiger charge is 2.20. The van der Waals surface area contributed by atoms with E-state index in [4.69, 9.17) is 21.1 Å². The van der Waals surface area contributed by atoms with Crippen molar-refractivity contribution < 1.29 is 24.2 Å². The lowest BCUT2D eigenvalue weighted by atomic mass is 10.0. The number of amides is 1. The molecule has 9 heteroatoms. The zero-order chi connectivity index (χ0) is 27.1. The fourth-order valence-corrected chi connectivity index (χ4v) is 4.39. The molecule has 1 amide bonds. The van der Waals surface area contributed by atoms with Crippen LogP contribution in [0.5, 0.6) is 11.5 Å². The van der Waals surface area contributed by atoms with Crippen molar-refractivity contribution >= 4 is 40.1 Å². The molecule has 0 radical (unpaired) electrons. The number of carbonyl (C=O) groups excluding carboxylic acids is 1. The molecule has 0 fully saturated rings. The van der Waals surface area contributed by atoms with Gasteiger partial charge >= 0.3 is 5.97 Å². The molecule has 38 heavy (non-hydrogen) atoms. The van der Waals surface area contributed by atoms with Gasteiger partial charge < -0.3 is 30.2 Å². The first-order valence-electron chi connectivity index (χ1n) is 12.3. The molecule has 0 bridgehead atoms. The first kappa shape index (κ1) is 27.0. The Morgan fingerprint density at radius 1 is 1.08 bits per heavy atom. The SMILES string of the molecule is CCOc1cc(CN[C@H](Cc2c[nH]c3ccccc23)C(=O)O)cc(Cl)c1OCC(=O)Nc1ccc(C)cc1. The number of halogens is 1. The van der Waals surface area contributed by atoms with E-state index < -0.39 is 12.0 Å². The lowest BCUT2D eigenvalue weighted by molar-refractivity contribution is -0.139. The number of ether oxygens (including phenoxy) is 2. The summed E-state index contributed by atoms with van der Waals surface area (Å²) in [5.74, 6) is -0.654. The van der Waals surface area contributed by atoms with Crippen LogP contribution in [-0.4, -0.2) is 41.2 Å². The number of carbonyl (C=O) groups is 2. The van der Waals surface area contributed by atoms with Crippen molar-refractivity contribution in [3.05, 3.63) is 88.6 Å². The van der Waals surface area contributed by atoms with E-state index >= 15 is 0 Å². The largest absolute Gasteiger partial charge is 0.490 e. The Kier molecular flexibility index (Phi) is 8.89. The van der Waals surface area contributed by atoms with Gasteiger partial charge in [-0.05, 0) is 55.3 Å². The summed E-state index contributed by atoms with van der Waals surface area (Å²) < 4.78 is 11.4. The fourth-order valence-electron chi connectivity index (χ4n) is 4.11. The first-order valence-corrected chi connectivity index (χ1v) is 12.7. The first-order chi connectivity index (χ1) is 18.3. The molecule has 0 aliphatic rings. The summed E-state index contributed by atoms with van der Waals surface area (Å²) in [5, 5.41) is 17.0. The molecule has 0 spiro atoms. The van der Waals surface area contributed by atoms with E-state index in [-0.39, 0.29) is 29.8 Å². The molecule has 0 unspecified atom stereocenters. The van der Waals surface area contributed by atoms with E-state index in [1.54, 1.807) is 12.1 Å². The molecule has 198 valence electrons. The van der Waals surface area contributed by atoms with Crippen molar-refractivity contribution in [1.29, 1.82) is 0 Å². The number of hydrogen-bond donors (Lipinski definition) is 4. The molecule has 4 aromatic rings. The number of fused-ring (bicyclic) bond motifs is 1. The van der Waals surface area contributed by atoms with Crippen molar-refractivity contribution in [2.24, 2.45) is 0 Å². The minimum absolute atomic E-state index is 0.243. The van der Waals surface area contributed by atoms with Crippen molar-refractivity contribution in [2.75, 3.05) is 18.5 Å². The van der Waals surface area contributed by atoms with Crippen molar-refractivity contribution in [1.82, 2.24) is 10.3 Å². The van der Waals surface area contributed by atoms with Crippen molar-refractivity contribution in [3.63, 3.8) is 0 Å². The van der Waals surface area contributed by atoms with Gasteiger partial charge in [-0.1, -0.05) is 47.5 Å². The molecular formula is C29H30ClN3O5. The number of anilines is 1. The molecule has 1 aromatic heterocycles. The van der Waals surface area contributed by atoms with Gasteiger partial charge in [0.1, 0.15) is 6.04 Å². The Balaban J connectivity index is 1.42. The minimum Gasteiger partial charge on any atom is -0.490 e. The second-order valence-corrected chi connectivity index (χ2v) is 9.28. The van der Waals surface area contributed by atoms with Gasteiger partial charge in [-0.15, -0.1) is 0 Å². The zero-order valence-corrected chi connectivity index (χ0v) is 22.0. The Labute approximate surface area is 225 Å². The quantitative estimate of drug-likeness (QED) is 0.195. The number of carboxylic acid groups (broad SMARTS) is 1. The smallest absolute Gasteiger partial charge is 0.321 e. The second-order valence-electron chi connectivity index (χ2n) is 8.88. The van der Waals surface area contributed by atoms with Crippen LogP contribution >= 0.6 is 11.6 Å². The molecule has 4 rings (SSSR count). The Hall–Kier alpha value is -4.01. The average Bonchev–Trinajstić information content (AvgIpc) is 3.30. The summed E-state index contributed by atoms with van der Waals surface area (Å²) in [6, 6.07) is 17.8. The third-order valence-electron chi connectivity index (χ3n) is 6.00. The molecule has 1 atom stereocenters. The molecule has 1 heterocycles. The van der Waals surface area contributed by atoms with Crippen molar-refractivity contribution in [3.8, 4) is 11.5 Å². The molecule has 0 saturated carbocycles. The predicted octanol–water partition coefficient (Wildman–Crippen LogP) is 5.33. The van der Waals surface area contributed by atoms with Crippen LogP contribution in [0.4, 0.5) is 5.69 Å². The van der Waals surface area contributed by atoms with Crippen LogP contribution in [0, 0.1) is 6.92 Å². The van der Waals surface area contributed by atoms with Gasteiger partial charge in [0.15, 0.2) is 18.1 Å². The molecular weight excluding hydrogens is 506 g/mol. The number of nitrogens with one attached hydrogen (secondary N) is 3. The highest BCUT2D eigenvalue weighted by atomic mass is 35.5. The van der Waals surface area contributed by atoms with Gasteiger partial charge in [0.05, 0.1) is 11.6 Å². The number of aryl methyl sites for hydroxylation is 1. The predicted molar refractivity (Wildman–Crippen MR) is 148 cm³/mol. The van der Waals surface area contributed by atoms with Gasteiger partial charge in [-0.3, -0.25) is 9.59 Å². The molecule has 0 aliphatic heterocycles. The van der Waals surface area contributed by atoms with E-state index in [1.807, 2.05) is 68.6 Å². The van der Waals surface area contributed by atoms with E-state index in [2.05, 4.69) is 15.6 Å². The van der Waals surface area contributed by atoms with Crippen LogP contribution < -0.4 is 20.1 Å². The van der Waals surface area contributed by atoms with E-state index in [0.29, 0.717) is 24.5 Å². The monoisotopic (exact) mass is 535 g/mol. The summed E-state index contributed by atoms with van der Waals surface area (Å²) in [6.07, 6.45) is 2.15. The highest BCUT2D eigenvalue weighted by Crippen LogP contribution is 2.37. The van der Waals surface area contributed by atoms with Gasteiger partial charge in [0.2, 0.25) is 0 Å². The summed E-state index contributed by atoms with van der Waals surface area (Å²) in [7, 11) is 0. The lowest BCUT2D eigenvalue weighted by Crippen LogP contribution is -2.38. The van der Waals surface area contributed by atoms with Gasteiger partial charge in [-0.25, -0.2) is 0 Å². The highest BCUT2D eigenvalue weighted by molar-refractivity contribution is 6.32.